The van der Waals surface area contributed by atoms with Crippen LogP contribution in [0.1, 0.15) is 40.5 Å². The van der Waals surface area contributed by atoms with Crippen LogP contribution >= 0.6 is 0 Å². The zero-order valence-corrected chi connectivity index (χ0v) is 9.21. The lowest BCUT2D eigenvalue weighted by Gasteiger charge is -2.17. The number of ketones is 1. The van der Waals surface area contributed by atoms with Crippen molar-refractivity contribution in [2.45, 2.75) is 40.5 Å². The maximum Gasteiger partial charge on any atom is 0.135 e. The molecule has 0 aliphatic carbocycles. The third-order valence-electron chi connectivity index (χ3n) is 2.58. The molecule has 2 heteroatoms. The van der Waals surface area contributed by atoms with Gasteiger partial charge in [-0.05, 0) is 18.3 Å². The van der Waals surface area contributed by atoms with E-state index in [1.165, 1.54) is 0 Å². The number of rotatable bonds is 6. The third-order valence-corrected chi connectivity index (χ3v) is 2.58. The molecule has 0 amide bonds. The molecule has 0 heterocycles. The summed E-state index contributed by atoms with van der Waals surface area (Å²) in [7, 11) is 0. The zero-order chi connectivity index (χ0) is 10.4. The van der Waals surface area contributed by atoms with Gasteiger partial charge in [-0.3, -0.25) is 4.79 Å². The molecule has 0 aliphatic heterocycles. The van der Waals surface area contributed by atoms with Gasteiger partial charge in [-0.2, -0.15) is 0 Å². The number of hydrogen-bond acceptors (Lipinski definition) is 2. The number of hydrogen-bond donors (Lipinski definition) is 1. The monoisotopic (exact) mass is 186 g/mol. The van der Waals surface area contributed by atoms with Gasteiger partial charge in [0.2, 0.25) is 0 Å². The lowest BCUT2D eigenvalue weighted by Crippen LogP contribution is -2.16. The second kappa shape index (κ2) is 6.14. The van der Waals surface area contributed by atoms with E-state index in [4.69, 9.17) is 5.11 Å². The lowest BCUT2D eigenvalue weighted by atomic mass is 9.90. The zero-order valence-electron chi connectivity index (χ0n) is 9.21. The van der Waals surface area contributed by atoms with Crippen LogP contribution in [0.2, 0.25) is 0 Å². The van der Waals surface area contributed by atoms with Crippen LogP contribution in [0.4, 0.5) is 0 Å². The van der Waals surface area contributed by atoms with Gasteiger partial charge in [-0.1, -0.05) is 27.7 Å². The molecule has 13 heavy (non-hydrogen) atoms. The Hall–Kier alpha value is -0.370. The molecule has 2 nitrogen and oxygen atoms in total. The molecule has 0 aromatic heterocycles. The van der Waals surface area contributed by atoms with Crippen molar-refractivity contribution in [1.29, 1.82) is 0 Å². The summed E-state index contributed by atoms with van der Waals surface area (Å²) in [5.74, 6) is 1.18. The Morgan fingerprint density at radius 1 is 1.23 bits per heavy atom. The van der Waals surface area contributed by atoms with Gasteiger partial charge in [-0.15, -0.1) is 0 Å². The maximum atomic E-state index is 11.3. The Morgan fingerprint density at radius 2 is 1.77 bits per heavy atom. The summed E-state index contributed by atoms with van der Waals surface area (Å²) >= 11 is 0. The van der Waals surface area contributed by atoms with Crippen LogP contribution in [0.15, 0.2) is 0 Å². The molecule has 0 saturated heterocycles. The summed E-state index contributed by atoms with van der Waals surface area (Å²) in [6, 6.07) is 0. The fraction of sp³-hybridized carbons (Fsp3) is 0.909. The van der Waals surface area contributed by atoms with Crippen LogP contribution in [-0.4, -0.2) is 17.5 Å². The Labute approximate surface area is 81.3 Å². The predicted octanol–water partition coefficient (Wildman–Crippen LogP) is 2.26. The van der Waals surface area contributed by atoms with Gasteiger partial charge >= 0.3 is 0 Å². The van der Waals surface area contributed by atoms with Gasteiger partial charge in [0, 0.05) is 18.9 Å². The molecule has 0 rings (SSSR count). The first-order valence-electron chi connectivity index (χ1n) is 5.12. The molecule has 0 fully saturated rings. The summed E-state index contributed by atoms with van der Waals surface area (Å²) in [6.07, 6.45) is 1.44. The fourth-order valence-electron chi connectivity index (χ4n) is 1.25. The first kappa shape index (κ1) is 12.6. The smallest absolute Gasteiger partial charge is 0.135 e. The first-order valence-corrected chi connectivity index (χ1v) is 5.12. The van der Waals surface area contributed by atoms with Crippen LogP contribution in [0.25, 0.3) is 0 Å². The number of carbonyl (C=O) groups is 1. The second-order valence-electron chi connectivity index (χ2n) is 4.35. The largest absolute Gasteiger partial charge is 0.396 e. The summed E-state index contributed by atoms with van der Waals surface area (Å²) < 4.78 is 0. The normalized spacial score (nSPS) is 13.8. The highest BCUT2D eigenvalue weighted by atomic mass is 16.3. The molecule has 0 bridgehead atoms. The minimum Gasteiger partial charge on any atom is -0.396 e. The van der Waals surface area contributed by atoms with E-state index in [1.807, 2.05) is 13.8 Å². The second-order valence-corrected chi connectivity index (χ2v) is 4.35. The molecule has 0 saturated carbocycles. The highest BCUT2D eigenvalue weighted by Crippen LogP contribution is 2.17. The van der Waals surface area contributed by atoms with E-state index in [0.29, 0.717) is 18.1 Å². The highest BCUT2D eigenvalue weighted by molar-refractivity contribution is 5.80. The lowest BCUT2D eigenvalue weighted by molar-refractivity contribution is -0.122. The van der Waals surface area contributed by atoms with Gasteiger partial charge in [0.15, 0.2) is 0 Å². The molecule has 0 spiro atoms. The molecular weight excluding hydrogens is 164 g/mol. The standard InChI is InChI=1S/C11H22O2/c1-8(2)10(7-12)5-6-11(13)9(3)4/h8-10,12H,5-7H2,1-4H3. The summed E-state index contributed by atoms with van der Waals surface area (Å²) in [5, 5.41) is 9.04. The molecule has 0 radical (unpaired) electrons. The summed E-state index contributed by atoms with van der Waals surface area (Å²) in [6.45, 7) is 8.21. The first-order chi connectivity index (χ1) is 5.99. The van der Waals surface area contributed by atoms with Crippen LogP contribution in [0.3, 0.4) is 0 Å². The van der Waals surface area contributed by atoms with Gasteiger partial charge in [0.25, 0.3) is 0 Å². The van der Waals surface area contributed by atoms with Crippen LogP contribution < -0.4 is 0 Å². The summed E-state index contributed by atoms with van der Waals surface area (Å²) in [5.41, 5.74) is 0. The molecule has 0 aromatic rings. The van der Waals surface area contributed by atoms with Crippen molar-refractivity contribution in [1.82, 2.24) is 0 Å². The van der Waals surface area contributed by atoms with Crippen molar-refractivity contribution >= 4 is 5.78 Å². The van der Waals surface area contributed by atoms with Crippen LogP contribution in [0.5, 0.6) is 0 Å². The van der Waals surface area contributed by atoms with Crippen molar-refractivity contribution in [3.63, 3.8) is 0 Å². The van der Waals surface area contributed by atoms with Crippen molar-refractivity contribution < 1.29 is 9.90 Å². The Morgan fingerprint density at radius 3 is 2.08 bits per heavy atom. The van der Waals surface area contributed by atoms with Crippen molar-refractivity contribution in [3.05, 3.63) is 0 Å². The SMILES string of the molecule is CC(C)C(=O)CCC(CO)C(C)C. The summed E-state index contributed by atoms with van der Waals surface area (Å²) in [4.78, 5) is 11.3. The molecule has 0 aromatic carbocycles. The van der Waals surface area contributed by atoms with Gasteiger partial charge in [0.1, 0.15) is 5.78 Å². The van der Waals surface area contributed by atoms with E-state index < -0.39 is 0 Å². The Bertz CT molecular complexity index is 150. The topological polar surface area (TPSA) is 37.3 Å². The molecule has 78 valence electrons. The van der Waals surface area contributed by atoms with E-state index in [0.717, 1.165) is 6.42 Å². The van der Waals surface area contributed by atoms with E-state index in [-0.39, 0.29) is 18.4 Å². The molecular formula is C11H22O2. The van der Waals surface area contributed by atoms with E-state index in [1.54, 1.807) is 0 Å². The maximum absolute atomic E-state index is 11.3. The van der Waals surface area contributed by atoms with E-state index in [2.05, 4.69) is 13.8 Å². The number of aliphatic hydroxyl groups excluding tert-OH is 1. The highest BCUT2D eigenvalue weighted by Gasteiger charge is 2.15. The Kier molecular flexibility index (Phi) is 5.97. The Balaban J connectivity index is 3.79. The van der Waals surface area contributed by atoms with Gasteiger partial charge in [-0.25, -0.2) is 0 Å². The van der Waals surface area contributed by atoms with Crippen molar-refractivity contribution in [3.8, 4) is 0 Å². The molecule has 0 aliphatic rings. The quantitative estimate of drug-likeness (QED) is 0.691. The van der Waals surface area contributed by atoms with Crippen LogP contribution in [0, 0.1) is 17.8 Å². The van der Waals surface area contributed by atoms with E-state index in [9.17, 15) is 4.79 Å². The van der Waals surface area contributed by atoms with E-state index >= 15 is 0 Å². The van der Waals surface area contributed by atoms with Crippen molar-refractivity contribution in [2.24, 2.45) is 17.8 Å². The number of carbonyl (C=O) groups excluding carboxylic acids is 1. The number of Topliss-reactive ketones (excluding diaryl/α,β-unsaturated/α-hetero) is 1. The molecule has 1 atom stereocenters. The fourth-order valence-corrected chi connectivity index (χ4v) is 1.25. The minimum absolute atomic E-state index is 0.131. The average molecular weight is 186 g/mol. The van der Waals surface area contributed by atoms with Crippen molar-refractivity contribution in [2.75, 3.05) is 6.61 Å². The molecule has 1 N–H and O–H groups in total. The van der Waals surface area contributed by atoms with Gasteiger partial charge < -0.3 is 5.11 Å². The number of aliphatic hydroxyl groups is 1. The van der Waals surface area contributed by atoms with Crippen LogP contribution in [-0.2, 0) is 4.79 Å². The molecule has 1 unspecified atom stereocenters. The minimum atomic E-state index is 0.131. The third kappa shape index (κ3) is 5.04. The average Bonchev–Trinajstić information content (AvgIpc) is 2.04. The predicted molar refractivity (Wildman–Crippen MR) is 54.5 cm³/mol. The van der Waals surface area contributed by atoms with Gasteiger partial charge in [0.05, 0.1) is 0 Å².